The normalized spacial score (nSPS) is 6.67. The van der Waals surface area contributed by atoms with Gasteiger partial charge in [0.05, 0.1) is 0 Å². The molecular formula is C4H4CuS. The first-order valence-corrected chi connectivity index (χ1v) is 2.41. The molecule has 0 aliphatic carbocycles. The van der Waals surface area contributed by atoms with E-state index >= 15 is 0 Å². The summed E-state index contributed by atoms with van der Waals surface area (Å²) in [6.07, 6.45) is 0. The van der Waals surface area contributed by atoms with Crippen LogP contribution in [-0.2, 0) is 17.1 Å². The molecule has 0 spiro atoms. The van der Waals surface area contributed by atoms with E-state index in [1.54, 1.807) is 11.3 Å². The molecule has 0 amide bonds. The summed E-state index contributed by atoms with van der Waals surface area (Å²) in [5.41, 5.74) is 0. The zero-order valence-corrected chi connectivity index (χ0v) is 4.78. The third-order valence-corrected chi connectivity index (χ3v) is 1.05. The van der Waals surface area contributed by atoms with Crippen LogP contribution in [0.1, 0.15) is 0 Å². The van der Waals surface area contributed by atoms with Crippen molar-refractivity contribution in [3.8, 4) is 0 Å². The van der Waals surface area contributed by atoms with E-state index in [4.69, 9.17) is 0 Å². The van der Waals surface area contributed by atoms with Gasteiger partial charge < -0.3 is 0 Å². The summed E-state index contributed by atoms with van der Waals surface area (Å²) in [5.74, 6) is 0. The van der Waals surface area contributed by atoms with Gasteiger partial charge in [0.15, 0.2) is 0 Å². The maximum atomic E-state index is 2.04. The minimum atomic E-state index is 0. The summed E-state index contributed by atoms with van der Waals surface area (Å²) in [4.78, 5) is 0. The molecule has 2 heteroatoms. The fourth-order valence-electron chi connectivity index (χ4n) is 0.227. The predicted octanol–water partition coefficient (Wildman–Crippen LogP) is 1.75. The Bertz CT molecular complexity index is 64.0. The largest absolute Gasteiger partial charge is 0.152 e. The summed E-state index contributed by atoms with van der Waals surface area (Å²) in [5, 5.41) is 4.08. The first-order valence-electron chi connectivity index (χ1n) is 1.47. The third-order valence-electron chi connectivity index (χ3n) is 0.425. The summed E-state index contributed by atoms with van der Waals surface area (Å²) in [7, 11) is 0. The Morgan fingerprint density at radius 2 is 1.50 bits per heavy atom. The van der Waals surface area contributed by atoms with Crippen LogP contribution >= 0.6 is 11.3 Å². The van der Waals surface area contributed by atoms with Gasteiger partial charge in [0.2, 0.25) is 0 Å². The molecule has 37 valence electrons. The zero-order chi connectivity index (χ0) is 3.54. The second-order valence-corrected chi connectivity index (χ2v) is 1.61. The third kappa shape index (κ3) is 1.61. The van der Waals surface area contributed by atoms with Crippen LogP contribution in [-0.4, -0.2) is 0 Å². The van der Waals surface area contributed by atoms with Crippen molar-refractivity contribution in [3.63, 3.8) is 0 Å². The number of hydrogen-bond acceptors (Lipinski definition) is 1. The molecule has 0 bridgehead atoms. The molecule has 0 aliphatic heterocycles. The van der Waals surface area contributed by atoms with Gasteiger partial charge in [-0.05, 0) is 10.8 Å². The molecule has 1 aromatic heterocycles. The van der Waals surface area contributed by atoms with Gasteiger partial charge in [-0.2, -0.15) is 11.3 Å². The average Bonchev–Trinajstić information content (AvgIpc) is 1.76. The molecule has 0 N–H and O–H groups in total. The molecule has 0 unspecified atom stereocenters. The van der Waals surface area contributed by atoms with Crippen molar-refractivity contribution in [1.82, 2.24) is 0 Å². The second kappa shape index (κ2) is 3.41. The Labute approximate surface area is 51.7 Å². The van der Waals surface area contributed by atoms with Crippen molar-refractivity contribution in [2.75, 3.05) is 0 Å². The summed E-state index contributed by atoms with van der Waals surface area (Å²) < 4.78 is 0. The zero-order valence-electron chi connectivity index (χ0n) is 3.02. The van der Waals surface area contributed by atoms with Crippen LogP contribution in [0.5, 0.6) is 0 Å². The molecule has 1 heterocycles. The fraction of sp³-hybridized carbons (Fsp3) is 0. The maximum absolute atomic E-state index is 2.04. The van der Waals surface area contributed by atoms with E-state index in [2.05, 4.69) is 0 Å². The van der Waals surface area contributed by atoms with E-state index < -0.39 is 0 Å². The van der Waals surface area contributed by atoms with Crippen LogP contribution in [0.15, 0.2) is 22.9 Å². The van der Waals surface area contributed by atoms with E-state index in [1.165, 1.54) is 0 Å². The maximum Gasteiger partial charge on any atom is 0 e. The van der Waals surface area contributed by atoms with E-state index in [1.807, 2.05) is 22.9 Å². The SMILES string of the molecule is [Cu].c1ccsc1. The van der Waals surface area contributed by atoms with Crippen molar-refractivity contribution in [2.24, 2.45) is 0 Å². The molecule has 6 heavy (non-hydrogen) atoms. The van der Waals surface area contributed by atoms with Crippen LogP contribution in [0.25, 0.3) is 0 Å². The monoisotopic (exact) mass is 147 g/mol. The predicted molar refractivity (Wildman–Crippen MR) is 24.3 cm³/mol. The Morgan fingerprint density at radius 3 is 1.67 bits per heavy atom. The molecule has 1 radical (unpaired) electrons. The molecular weight excluding hydrogens is 144 g/mol. The van der Waals surface area contributed by atoms with Crippen molar-refractivity contribution in [1.29, 1.82) is 0 Å². The van der Waals surface area contributed by atoms with Crippen LogP contribution < -0.4 is 0 Å². The standard InChI is InChI=1S/C4H4S.Cu/c1-2-4-5-3-1;/h1-4H;. The molecule has 0 saturated carbocycles. The first-order chi connectivity index (χ1) is 2.50. The van der Waals surface area contributed by atoms with Crippen molar-refractivity contribution in [2.45, 2.75) is 0 Å². The number of rotatable bonds is 0. The van der Waals surface area contributed by atoms with Crippen LogP contribution in [0.4, 0.5) is 0 Å². The van der Waals surface area contributed by atoms with E-state index in [9.17, 15) is 0 Å². The molecule has 0 atom stereocenters. The smallest absolute Gasteiger partial charge is 0 e. The topological polar surface area (TPSA) is 0 Å². The van der Waals surface area contributed by atoms with Gasteiger partial charge in [-0.1, -0.05) is 12.1 Å². The van der Waals surface area contributed by atoms with Gasteiger partial charge in [-0.15, -0.1) is 0 Å². The van der Waals surface area contributed by atoms with Crippen LogP contribution in [0, 0.1) is 0 Å². The van der Waals surface area contributed by atoms with Gasteiger partial charge in [-0.3, -0.25) is 0 Å². The average molecular weight is 148 g/mol. The Balaban J connectivity index is 0.000000250. The van der Waals surface area contributed by atoms with Crippen LogP contribution in [0.3, 0.4) is 0 Å². The molecule has 0 fully saturated rings. The second-order valence-electron chi connectivity index (χ2n) is 0.793. The van der Waals surface area contributed by atoms with E-state index in [0.717, 1.165) is 0 Å². The van der Waals surface area contributed by atoms with E-state index in [-0.39, 0.29) is 17.1 Å². The molecule has 0 aliphatic rings. The summed E-state index contributed by atoms with van der Waals surface area (Å²) in [6.45, 7) is 0. The Kier molecular flexibility index (Phi) is 3.54. The summed E-state index contributed by atoms with van der Waals surface area (Å²) >= 11 is 1.71. The Hall–Kier alpha value is 0.219. The van der Waals surface area contributed by atoms with Gasteiger partial charge in [-0.25, -0.2) is 0 Å². The molecule has 0 aromatic carbocycles. The van der Waals surface area contributed by atoms with Crippen molar-refractivity contribution in [3.05, 3.63) is 22.9 Å². The quantitative estimate of drug-likeness (QED) is 0.491. The van der Waals surface area contributed by atoms with Gasteiger partial charge in [0, 0.05) is 17.1 Å². The van der Waals surface area contributed by atoms with Crippen molar-refractivity contribution < 1.29 is 17.1 Å². The van der Waals surface area contributed by atoms with Gasteiger partial charge in [0.25, 0.3) is 0 Å². The first kappa shape index (κ1) is 6.22. The van der Waals surface area contributed by atoms with E-state index in [0.29, 0.717) is 0 Å². The van der Waals surface area contributed by atoms with Gasteiger partial charge >= 0.3 is 0 Å². The Morgan fingerprint density at radius 1 is 1.00 bits per heavy atom. The van der Waals surface area contributed by atoms with Crippen molar-refractivity contribution >= 4 is 11.3 Å². The minimum Gasteiger partial charge on any atom is -0.152 e. The number of thiophene rings is 1. The molecule has 0 saturated heterocycles. The van der Waals surface area contributed by atoms with Crippen LogP contribution in [0.2, 0.25) is 0 Å². The molecule has 1 aromatic rings. The summed E-state index contributed by atoms with van der Waals surface area (Å²) in [6, 6.07) is 4.04. The van der Waals surface area contributed by atoms with Gasteiger partial charge in [0.1, 0.15) is 0 Å². The fourth-order valence-corrected chi connectivity index (χ4v) is 0.680. The minimum absolute atomic E-state index is 0. The molecule has 0 nitrogen and oxygen atoms in total. The molecule has 1 rings (SSSR count). The number of hydrogen-bond donors (Lipinski definition) is 0.